The van der Waals surface area contributed by atoms with E-state index >= 15 is 0 Å². The van der Waals surface area contributed by atoms with E-state index in [1.807, 2.05) is 50.2 Å². The summed E-state index contributed by atoms with van der Waals surface area (Å²) in [7, 11) is 1.73. The summed E-state index contributed by atoms with van der Waals surface area (Å²) in [5.74, 6) is -0.439. The van der Waals surface area contributed by atoms with Gasteiger partial charge in [-0.1, -0.05) is 66.8 Å². The summed E-state index contributed by atoms with van der Waals surface area (Å²) in [6.45, 7) is 4.00. The number of carbonyl (C=O) groups is 1. The van der Waals surface area contributed by atoms with E-state index in [4.69, 9.17) is 0 Å². The molecule has 0 unspecified atom stereocenters. The van der Waals surface area contributed by atoms with Crippen LogP contribution in [-0.4, -0.2) is 38.2 Å². The number of hydrogen-bond acceptors (Lipinski definition) is 4. The SMILES string of the molecule is Cc1ccc(Cn2c(=O)c(C(=O)N(C)C3CCCCC3)nn(-c3ccc(C)cc3)c2=O)cc1. The second kappa shape index (κ2) is 9.57. The van der Waals surface area contributed by atoms with Gasteiger partial charge in [-0.15, -0.1) is 0 Å². The van der Waals surface area contributed by atoms with Crippen molar-refractivity contribution in [2.24, 2.45) is 0 Å². The first-order valence-electron chi connectivity index (χ1n) is 11.5. The third-order valence-electron chi connectivity index (χ3n) is 6.44. The van der Waals surface area contributed by atoms with Crippen LogP contribution < -0.4 is 11.2 Å². The maximum absolute atomic E-state index is 13.4. The van der Waals surface area contributed by atoms with Crippen LogP contribution in [0.4, 0.5) is 0 Å². The van der Waals surface area contributed by atoms with E-state index in [0.29, 0.717) is 5.69 Å². The van der Waals surface area contributed by atoms with Gasteiger partial charge < -0.3 is 4.90 Å². The van der Waals surface area contributed by atoms with Crippen LogP contribution in [0, 0.1) is 13.8 Å². The fourth-order valence-corrected chi connectivity index (χ4v) is 4.32. The molecule has 0 bridgehead atoms. The molecule has 3 aromatic rings. The van der Waals surface area contributed by atoms with Crippen molar-refractivity contribution in [3.63, 3.8) is 0 Å². The Balaban J connectivity index is 1.82. The maximum atomic E-state index is 13.4. The van der Waals surface area contributed by atoms with Gasteiger partial charge in [-0.25, -0.2) is 4.79 Å². The van der Waals surface area contributed by atoms with E-state index in [-0.39, 0.29) is 18.3 Å². The lowest BCUT2D eigenvalue weighted by Gasteiger charge is -2.30. The quantitative estimate of drug-likeness (QED) is 0.601. The highest BCUT2D eigenvalue weighted by Gasteiger charge is 2.28. The molecule has 172 valence electrons. The summed E-state index contributed by atoms with van der Waals surface area (Å²) in [6, 6.07) is 15.0. The molecular formula is C26H30N4O3. The highest BCUT2D eigenvalue weighted by molar-refractivity contribution is 5.91. The maximum Gasteiger partial charge on any atom is 0.352 e. The zero-order chi connectivity index (χ0) is 23.5. The van der Waals surface area contributed by atoms with Crippen molar-refractivity contribution < 1.29 is 4.79 Å². The Labute approximate surface area is 193 Å². The molecule has 1 amide bonds. The standard InChI is InChI=1S/C26H30N4O3/c1-18-9-13-20(14-10-18)17-29-25(32)23(24(31)28(3)21-7-5-4-6-8-21)27-30(26(29)33)22-15-11-19(2)12-16-22/h9-16,21H,4-8,17H2,1-3H3. The number of nitrogens with zero attached hydrogens (tertiary/aromatic N) is 4. The van der Waals surface area contributed by atoms with Gasteiger partial charge in [0.15, 0.2) is 0 Å². The first-order valence-corrected chi connectivity index (χ1v) is 11.5. The number of carbonyl (C=O) groups excluding carboxylic acids is 1. The fourth-order valence-electron chi connectivity index (χ4n) is 4.32. The van der Waals surface area contributed by atoms with Crippen LogP contribution in [0.25, 0.3) is 5.69 Å². The van der Waals surface area contributed by atoms with Crippen LogP contribution in [0.15, 0.2) is 58.1 Å². The van der Waals surface area contributed by atoms with Gasteiger partial charge in [-0.2, -0.15) is 9.78 Å². The first-order chi connectivity index (χ1) is 15.8. The van der Waals surface area contributed by atoms with Crippen LogP contribution in [0.5, 0.6) is 0 Å². The summed E-state index contributed by atoms with van der Waals surface area (Å²) < 4.78 is 2.27. The Bertz CT molecular complexity index is 1250. The number of amides is 1. The van der Waals surface area contributed by atoms with Gasteiger partial charge in [0.25, 0.3) is 11.5 Å². The molecule has 1 aliphatic carbocycles. The van der Waals surface area contributed by atoms with E-state index < -0.39 is 17.2 Å². The molecule has 0 radical (unpaired) electrons. The number of aromatic nitrogens is 3. The molecular weight excluding hydrogens is 416 g/mol. The molecule has 1 heterocycles. The Hall–Kier alpha value is -3.48. The molecule has 0 spiro atoms. The molecule has 33 heavy (non-hydrogen) atoms. The molecule has 0 saturated heterocycles. The van der Waals surface area contributed by atoms with Crippen molar-refractivity contribution >= 4 is 5.91 Å². The van der Waals surface area contributed by atoms with Crippen molar-refractivity contribution in [3.8, 4) is 5.69 Å². The molecule has 1 saturated carbocycles. The van der Waals surface area contributed by atoms with E-state index in [1.54, 1.807) is 24.1 Å². The second-order valence-corrected chi connectivity index (χ2v) is 8.96. The lowest BCUT2D eigenvalue weighted by Crippen LogP contribution is -2.48. The van der Waals surface area contributed by atoms with Crippen molar-refractivity contribution in [3.05, 3.63) is 91.8 Å². The predicted molar refractivity (Wildman–Crippen MR) is 128 cm³/mol. The molecule has 2 aromatic carbocycles. The molecule has 0 N–H and O–H groups in total. The van der Waals surface area contributed by atoms with Crippen LogP contribution in [0.2, 0.25) is 0 Å². The number of rotatable bonds is 5. The Kier molecular flexibility index (Phi) is 6.58. The zero-order valence-electron chi connectivity index (χ0n) is 19.5. The summed E-state index contributed by atoms with van der Waals surface area (Å²) in [5, 5.41) is 4.28. The molecule has 4 rings (SSSR count). The highest BCUT2D eigenvalue weighted by atomic mass is 16.2. The second-order valence-electron chi connectivity index (χ2n) is 8.96. The minimum atomic E-state index is -0.656. The summed E-state index contributed by atoms with van der Waals surface area (Å²) in [5.41, 5.74) is 1.99. The van der Waals surface area contributed by atoms with Gasteiger partial charge in [-0.05, 0) is 44.4 Å². The van der Waals surface area contributed by atoms with Crippen molar-refractivity contribution in [2.75, 3.05) is 7.05 Å². The predicted octanol–water partition coefficient (Wildman–Crippen LogP) is 3.46. The highest BCUT2D eigenvalue weighted by Crippen LogP contribution is 2.22. The van der Waals surface area contributed by atoms with Gasteiger partial charge in [0, 0.05) is 13.1 Å². The number of aryl methyl sites for hydroxylation is 2. The van der Waals surface area contributed by atoms with Crippen molar-refractivity contribution in [1.29, 1.82) is 0 Å². The van der Waals surface area contributed by atoms with Gasteiger partial charge in [0.1, 0.15) is 0 Å². The van der Waals surface area contributed by atoms with E-state index in [0.717, 1.165) is 51.6 Å². The average Bonchev–Trinajstić information content (AvgIpc) is 2.83. The molecule has 0 aliphatic heterocycles. The monoisotopic (exact) mass is 446 g/mol. The molecule has 7 heteroatoms. The largest absolute Gasteiger partial charge is 0.352 e. The van der Waals surface area contributed by atoms with Crippen molar-refractivity contribution in [2.45, 2.75) is 58.5 Å². The summed E-state index contributed by atoms with van der Waals surface area (Å²) in [4.78, 5) is 41.7. The minimum absolute atomic E-state index is 0.0692. The van der Waals surface area contributed by atoms with E-state index in [2.05, 4.69) is 5.10 Å². The van der Waals surface area contributed by atoms with Crippen LogP contribution in [0.3, 0.4) is 0 Å². The van der Waals surface area contributed by atoms with Gasteiger partial charge >= 0.3 is 5.69 Å². The van der Waals surface area contributed by atoms with Crippen LogP contribution >= 0.6 is 0 Å². The Morgan fingerprint density at radius 1 is 0.939 bits per heavy atom. The molecule has 1 aromatic heterocycles. The Morgan fingerprint density at radius 2 is 1.52 bits per heavy atom. The van der Waals surface area contributed by atoms with E-state index in [1.165, 1.54) is 6.42 Å². The summed E-state index contributed by atoms with van der Waals surface area (Å²) in [6.07, 6.45) is 5.12. The smallest absolute Gasteiger partial charge is 0.337 e. The van der Waals surface area contributed by atoms with E-state index in [9.17, 15) is 14.4 Å². The van der Waals surface area contributed by atoms with Gasteiger partial charge in [0.2, 0.25) is 5.69 Å². The van der Waals surface area contributed by atoms with Gasteiger partial charge in [-0.3, -0.25) is 14.2 Å². The third-order valence-corrected chi connectivity index (χ3v) is 6.44. The van der Waals surface area contributed by atoms with Crippen LogP contribution in [-0.2, 0) is 6.54 Å². The van der Waals surface area contributed by atoms with Gasteiger partial charge in [0.05, 0.1) is 12.2 Å². The molecule has 0 atom stereocenters. The van der Waals surface area contributed by atoms with Crippen molar-refractivity contribution in [1.82, 2.24) is 19.2 Å². The Morgan fingerprint density at radius 3 is 2.12 bits per heavy atom. The molecule has 7 nitrogen and oxygen atoms in total. The topological polar surface area (TPSA) is 77.2 Å². The lowest BCUT2D eigenvalue weighted by atomic mass is 9.94. The number of hydrogen-bond donors (Lipinski definition) is 0. The lowest BCUT2D eigenvalue weighted by molar-refractivity contribution is 0.0684. The minimum Gasteiger partial charge on any atom is -0.337 e. The number of benzene rings is 2. The van der Waals surface area contributed by atoms with Crippen LogP contribution in [0.1, 0.15) is 59.3 Å². The average molecular weight is 447 g/mol. The normalized spacial score (nSPS) is 14.3. The molecule has 1 fully saturated rings. The fraction of sp³-hybridized carbons (Fsp3) is 0.385. The first kappa shape index (κ1) is 22.7. The molecule has 1 aliphatic rings. The zero-order valence-corrected chi connectivity index (χ0v) is 19.5. The summed E-state index contributed by atoms with van der Waals surface area (Å²) >= 11 is 0. The third kappa shape index (κ3) is 4.82.